The van der Waals surface area contributed by atoms with E-state index in [2.05, 4.69) is 15.9 Å². The van der Waals surface area contributed by atoms with Crippen LogP contribution in [-0.4, -0.2) is 11.1 Å². The summed E-state index contributed by atoms with van der Waals surface area (Å²) in [4.78, 5) is 12.0. The molecule has 2 aromatic rings. The van der Waals surface area contributed by atoms with Crippen molar-refractivity contribution in [3.8, 4) is 5.75 Å². The Labute approximate surface area is 117 Å². The summed E-state index contributed by atoms with van der Waals surface area (Å²) in [6, 6.07) is 6.96. The average Bonchev–Trinajstić information content (AvgIpc) is 2.72. The van der Waals surface area contributed by atoms with Gasteiger partial charge in [-0.15, -0.1) is 11.3 Å². The van der Waals surface area contributed by atoms with Crippen LogP contribution in [0.15, 0.2) is 34.1 Å². The Kier molecular flexibility index (Phi) is 4.04. The Balaban J connectivity index is 2.09. The Hall–Kier alpha value is -1.33. The van der Waals surface area contributed by atoms with Gasteiger partial charge in [0.15, 0.2) is 0 Å². The molecule has 0 aliphatic rings. The van der Waals surface area contributed by atoms with Crippen LogP contribution in [0.3, 0.4) is 0 Å². The zero-order chi connectivity index (χ0) is 13.1. The zero-order valence-electron chi connectivity index (χ0n) is 9.64. The smallest absolute Gasteiger partial charge is 0.335 e. The Morgan fingerprint density at radius 2 is 2.22 bits per heavy atom. The number of carboxylic acids is 1. The molecule has 1 aromatic heterocycles. The van der Waals surface area contributed by atoms with Gasteiger partial charge in [-0.1, -0.05) is 0 Å². The summed E-state index contributed by atoms with van der Waals surface area (Å²) in [6.45, 7) is 2.24. The van der Waals surface area contributed by atoms with Crippen LogP contribution in [0.1, 0.15) is 20.8 Å². The Morgan fingerprint density at radius 1 is 1.44 bits per heavy atom. The van der Waals surface area contributed by atoms with Gasteiger partial charge in [0.05, 0.1) is 10.4 Å². The quantitative estimate of drug-likeness (QED) is 0.920. The molecule has 0 aliphatic heterocycles. The van der Waals surface area contributed by atoms with Crippen molar-refractivity contribution in [3.05, 3.63) is 50.1 Å². The first kappa shape index (κ1) is 13.1. The SMILES string of the molecule is Cc1cc(OCc2sccc2Br)ccc1C(=O)O. The second-order valence-electron chi connectivity index (χ2n) is 3.76. The van der Waals surface area contributed by atoms with Crippen molar-refractivity contribution < 1.29 is 14.6 Å². The molecular weight excluding hydrogens is 316 g/mol. The van der Waals surface area contributed by atoms with Crippen molar-refractivity contribution in [1.82, 2.24) is 0 Å². The maximum atomic E-state index is 10.9. The van der Waals surface area contributed by atoms with E-state index >= 15 is 0 Å². The fraction of sp³-hybridized carbons (Fsp3) is 0.154. The lowest BCUT2D eigenvalue weighted by Crippen LogP contribution is -2.00. The molecule has 5 heteroatoms. The highest BCUT2D eigenvalue weighted by molar-refractivity contribution is 9.10. The van der Waals surface area contributed by atoms with Crippen LogP contribution in [0.5, 0.6) is 5.75 Å². The second-order valence-corrected chi connectivity index (χ2v) is 5.62. The van der Waals surface area contributed by atoms with Crippen molar-refractivity contribution in [2.24, 2.45) is 0 Å². The Bertz CT molecular complexity index is 577. The number of aromatic carboxylic acids is 1. The molecule has 18 heavy (non-hydrogen) atoms. The summed E-state index contributed by atoms with van der Waals surface area (Å²) >= 11 is 5.05. The fourth-order valence-electron chi connectivity index (χ4n) is 1.54. The van der Waals surface area contributed by atoms with Crippen molar-refractivity contribution >= 4 is 33.2 Å². The van der Waals surface area contributed by atoms with E-state index in [1.165, 1.54) is 0 Å². The molecule has 0 radical (unpaired) electrons. The molecule has 0 aliphatic carbocycles. The third-order valence-corrected chi connectivity index (χ3v) is 4.39. The molecule has 0 amide bonds. The normalized spacial score (nSPS) is 10.3. The monoisotopic (exact) mass is 326 g/mol. The van der Waals surface area contributed by atoms with Crippen molar-refractivity contribution in [2.75, 3.05) is 0 Å². The first-order valence-electron chi connectivity index (χ1n) is 5.26. The molecule has 1 heterocycles. The number of rotatable bonds is 4. The largest absolute Gasteiger partial charge is 0.488 e. The van der Waals surface area contributed by atoms with Crippen molar-refractivity contribution in [1.29, 1.82) is 0 Å². The van der Waals surface area contributed by atoms with E-state index in [9.17, 15) is 4.79 Å². The third kappa shape index (κ3) is 2.91. The number of aryl methyl sites for hydroxylation is 1. The first-order valence-corrected chi connectivity index (χ1v) is 6.94. The standard InChI is InChI=1S/C13H11BrO3S/c1-8-6-9(2-3-10(8)13(15)16)17-7-12-11(14)4-5-18-12/h2-6H,7H2,1H3,(H,15,16). The van der Waals surface area contributed by atoms with Crippen LogP contribution >= 0.6 is 27.3 Å². The minimum atomic E-state index is -0.917. The summed E-state index contributed by atoms with van der Waals surface area (Å²) in [5, 5.41) is 10.9. The number of thiophene rings is 1. The van der Waals surface area contributed by atoms with Crippen LogP contribution in [0.4, 0.5) is 0 Å². The van der Waals surface area contributed by atoms with Crippen LogP contribution in [0.2, 0.25) is 0 Å². The molecule has 0 unspecified atom stereocenters. The van der Waals surface area contributed by atoms with E-state index in [4.69, 9.17) is 9.84 Å². The average molecular weight is 327 g/mol. The van der Waals surface area contributed by atoms with Gasteiger partial charge in [-0.05, 0) is 58.1 Å². The van der Waals surface area contributed by atoms with E-state index in [-0.39, 0.29) is 0 Å². The summed E-state index contributed by atoms with van der Waals surface area (Å²) in [5.74, 6) is -0.238. The van der Waals surface area contributed by atoms with Gasteiger partial charge >= 0.3 is 5.97 Å². The van der Waals surface area contributed by atoms with Crippen molar-refractivity contribution in [2.45, 2.75) is 13.5 Å². The highest BCUT2D eigenvalue weighted by Gasteiger charge is 2.08. The van der Waals surface area contributed by atoms with E-state index < -0.39 is 5.97 Å². The molecule has 0 saturated heterocycles. The van der Waals surface area contributed by atoms with Gasteiger partial charge in [-0.25, -0.2) is 4.79 Å². The molecule has 2 rings (SSSR count). The maximum Gasteiger partial charge on any atom is 0.335 e. The second kappa shape index (κ2) is 5.54. The predicted molar refractivity (Wildman–Crippen MR) is 74.5 cm³/mol. The molecule has 1 N–H and O–H groups in total. The molecule has 0 bridgehead atoms. The summed E-state index contributed by atoms with van der Waals surface area (Å²) < 4.78 is 6.67. The molecule has 0 fully saturated rings. The number of carbonyl (C=O) groups is 1. The minimum absolute atomic E-state index is 0.305. The van der Waals surface area contributed by atoms with Gasteiger partial charge < -0.3 is 9.84 Å². The topological polar surface area (TPSA) is 46.5 Å². The summed E-state index contributed by atoms with van der Waals surface area (Å²) in [7, 11) is 0. The van der Waals surface area contributed by atoms with Crippen LogP contribution < -0.4 is 4.74 Å². The van der Waals surface area contributed by atoms with E-state index in [1.807, 2.05) is 11.4 Å². The molecule has 0 atom stereocenters. The van der Waals surface area contributed by atoms with Crippen LogP contribution in [0, 0.1) is 6.92 Å². The number of ether oxygens (including phenoxy) is 1. The van der Waals surface area contributed by atoms with Gasteiger partial charge in [0.1, 0.15) is 12.4 Å². The van der Waals surface area contributed by atoms with Gasteiger partial charge in [0.25, 0.3) is 0 Å². The molecular formula is C13H11BrO3S. The molecule has 3 nitrogen and oxygen atoms in total. The number of benzene rings is 1. The Morgan fingerprint density at radius 3 is 2.78 bits per heavy atom. The molecule has 94 valence electrons. The molecule has 0 saturated carbocycles. The van der Waals surface area contributed by atoms with Crippen molar-refractivity contribution in [3.63, 3.8) is 0 Å². The minimum Gasteiger partial charge on any atom is -0.488 e. The highest BCUT2D eigenvalue weighted by Crippen LogP contribution is 2.25. The molecule has 1 aromatic carbocycles. The highest BCUT2D eigenvalue weighted by atomic mass is 79.9. The van der Waals surface area contributed by atoms with Gasteiger partial charge in [0.2, 0.25) is 0 Å². The number of halogens is 1. The number of hydrogen-bond donors (Lipinski definition) is 1. The summed E-state index contributed by atoms with van der Waals surface area (Å²) in [6.07, 6.45) is 0. The van der Waals surface area contributed by atoms with Gasteiger partial charge in [0, 0.05) is 4.47 Å². The van der Waals surface area contributed by atoms with E-state index in [0.29, 0.717) is 23.5 Å². The van der Waals surface area contributed by atoms with Crippen LogP contribution in [-0.2, 0) is 6.61 Å². The van der Waals surface area contributed by atoms with Gasteiger partial charge in [-0.2, -0.15) is 0 Å². The van der Waals surface area contributed by atoms with E-state index in [0.717, 1.165) is 9.35 Å². The number of hydrogen-bond acceptors (Lipinski definition) is 3. The van der Waals surface area contributed by atoms with Crippen LogP contribution in [0.25, 0.3) is 0 Å². The number of carboxylic acid groups (broad SMARTS) is 1. The van der Waals surface area contributed by atoms with Gasteiger partial charge in [-0.3, -0.25) is 0 Å². The third-order valence-electron chi connectivity index (χ3n) is 2.49. The lowest BCUT2D eigenvalue weighted by molar-refractivity contribution is 0.0696. The predicted octanol–water partition coefficient (Wildman–Crippen LogP) is 4.10. The molecule has 0 spiro atoms. The lowest BCUT2D eigenvalue weighted by Gasteiger charge is -2.07. The lowest BCUT2D eigenvalue weighted by atomic mass is 10.1. The fourth-order valence-corrected chi connectivity index (χ4v) is 2.92. The summed E-state index contributed by atoms with van der Waals surface area (Å²) in [5.41, 5.74) is 1.00. The first-order chi connectivity index (χ1) is 8.58. The van der Waals surface area contributed by atoms with E-state index in [1.54, 1.807) is 36.5 Å². The maximum absolute atomic E-state index is 10.9. The zero-order valence-corrected chi connectivity index (χ0v) is 12.0.